The Hall–Kier alpha value is -0.660. The molecule has 17 heavy (non-hydrogen) atoms. The highest BCUT2D eigenvalue weighted by atomic mass is 32.2. The van der Waals surface area contributed by atoms with Crippen molar-refractivity contribution in [3.8, 4) is 0 Å². The van der Waals surface area contributed by atoms with Crippen LogP contribution in [0.4, 0.5) is 0 Å². The Balaban J connectivity index is 2.35. The Kier molecular flexibility index (Phi) is 4.91. The SMILES string of the molecule is CC(C)CS(=O)(=O)NCC1CCC(C(=O)O)O1. The molecule has 1 rings (SSSR count). The molecule has 0 aromatic carbocycles. The lowest BCUT2D eigenvalue weighted by molar-refractivity contribution is -0.149. The first-order valence-electron chi connectivity index (χ1n) is 5.66. The average molecular weight is 265 g/mol. The number of aliphatic carboxylic acids is 1. The van der Waals surface area contributed by atoms with E-state index < -0.39 is 22.1 Å². The van der Waals surface area contributed by atoms with Gasteiger partial charge in [0.1, 0.15) is 0 Å². The normalized spacial score (nSPS) is 25.4. The third kappa shape index (κ3) is 5.01. The zero-order valence-corrected chi connectivity index (χ0v) is 10.9. The highest BCUT2D eigenvalue weighted by Crippen LogP contribution is 2.19. The lowest BCUT2D eigenvalue weighted by atomic mass is 10.2. The van der Waals surface area contributed by atoms with Crippen LogP contribution in [-0.2, 0) is 19.6 Å². The van der Waals surface area contributed by atoms with E-state index in [0.29, 0.717) is 12.8 Å². The summed E-state index contributed by atoms with van der Waals surface area (Å²) in [6.45, 7) is 3.80. The molecule has 100 valence electrons. The molecule has 0 amide bonds. The molecule has 0 saturated carbocycles. The van der Waals surface area contributed by atoms with Gasteiger partial charge >= 0.3 is 5.97 Å². The van der Waals surface area contributed by atoms with Crippen LogP contribution in [0.3, 0.4) is 0 Å². The summed E-state index contributed by atoms with van der Waals surface area (Å²) in [5.74, 6) is -0.858. The van der Waals surface area contributed by atoms with Gasteiger partial charge in [0.25, 0.3) is 0 Å². The van der Waals surface area contributed by atoms with Crippen LogP contribution in [0.15, 0.2) is 0 Å². The molecular weight excluding hydrogens is 246 g/mol. The summed E-state index contributed by atoms with van der Waals surface area (Å²) in [6, 6.07) is 0. The Labute approximate surface area is 101 Å². The molecule has 1 aliphatic heterocycles. The zero-order valence-electron chi connectivity index (χ0n) is 10.0. The summed E-state index contributed by atoms with van der Waals surface area (Å²) < 4.78 is 30.7. The number of rotatable bonds is 6. The summed E-state index contributed by atoms with van der Waals surface area (Å²) in [4.78, 5) is 10.6. The summed E-state index contributed by atoms with van der Waals surface area (Å²) in [5.41, 5.74) is 0. The molecule has 0 bridgehead atoms. The molecule has 0 aromatic heterocycles. The van der Waals surface area contributed by atoms with E-state index in [1.165, 1.54) is 0 Å². The van der Waals surface area contributed by atoms with E-state index in [1.54, 1.807) is 0 Å². The topological polar surface area (TPSA) is 92.7 Å². The van der Waals surface area contributed by atoms with E-state index in [2.05, 4.69) is 4.72 Å². The fraction of sp³-hybridized carbons (Fsp3) is 0.900. The van der Waals surface area contributed by atoms with E-state index >= 15 is 0 Å². The molecule has 2 atom stereocenters. The van der Waals surface area contributed by atoms with Crippen molar-refractivity contribution >= 4 is 16.0 Å². The number of hydrogen-bond donors (Lipinski definition) is 2. The minimum atomic E-state index is -3.28. The van der Waals surface area contributed by atoms with Gasteiger partial charge in [0, 0.05) is 6.54 Å². The van der Waals surface area contributed by atoms with E-state index in [1.807, 2.05) is 13.8 Å². The first-order chi connectivity index (χ1) is 7.80. The fourth-order valence-electron chi connectivity index (χ4n) is 1.76. The van der Waals surface area contributed by atoms with E-state index in [4.69, 9.17) is 9.84 Å². The van der Waals surface area contributed by atoms with Gasteiger partial charge < -0.3 is 9.84 Å². The van der Waals surface area contributed by atoms with Gasteiger partial charge in [-0.2, -0.15) is 0 Å². The number of carbonyl (C=O) groups is 1. The highest BCUT2D eigenvalue weighted by Gasteiger charge is 2.31. The lowest BCUT2D eigenvalue weighted by Crippen LogP contribution is -2.35. The van der Waals surface area contributed by atoms with E-state index in [9.17, 15) is 13.2 Å². The molecule has 1 saturated heterocycles. The van der Waals surface area contributed by atoms with E-state index in [0.717, 1.165) is 0 Å². The van der Waals surface area contributed by atoms with Gasteiger partial charge in [0.2, 0.25) is 10.0 Å². The van der Waals surface area contributed by atoms with Gasteiger partial charge in [0.15, 0.2) is 6.10 Å². The molecule has 0 aliphatic carbocycles. The second-order valence-electron chi connectivity index (χ2n) is 4.69. The maximum atomic E-state index is 11.5. The maximum absolute atomic E-state index is 11.5. The molecule has 6 nitrogen and oxygen atoms in total. The Morgan fingerprint density at radius 3 is 2.59 bits per heavy atom. The first-order valence-corrected chi connectivity index (χ1v) is 7.31. The van der Waals surface area contributed by atoms with Gasteiger partial charge in [-0.15, -0.1) is 0 Å². The third-order valence-corrected chi connectivity index (χ3v) is 4.18. The largest absolute Gasteiger partial charge is 0.479 e. The summed E-state index contributed by atoms with van der Waals surface area (Å²) in [6.07, 6.45) is -0.125. The number of sulfonamides is 1. The second kappa shape index (κ2) is 5.79. The fourth-order valence-corrected chi connectivity index (χ4v) is 3.19. The number of ether oxygens (including phenoxy) is 1. The quantitative estimate of drug-likeness (QED) is 0.715. The van der Waals surface area contributed by atoms with E-state index in [-0.39, 0.29) is 24.3 Å². The highest BCUT2D eigenvalue weighted by molar-refractivity contribution is 7.89. The Morgan fingerprint density at radius 1 is 1.47 bits per heavy atom. The molecule has 2 N–H and O–H groups in total. The number of carboxylic acids is 1. The monoisotopic (exact) mass is 265 g/mol. The van der Waals surface area contributed by atoms with Gasteiger partial charge in [0.05, 0.1) is 11.9 Å². The molecule has 2 unspecified atom stereocenters. The zero-order chi connectivity index (χ0) is 13.1. The summed E-state index contributed by atoms with van der Waals surface area (Å²) in [7, 11) is -3.28. The van der Waals surface area contributed by atoms with Crippen molar-refractivity contribution < 1.29 is 23.1 Å². The minimum absolute atomic E-state index is 0.0590. The van der Waals surface area contributed by atoms with Gasteiger partial charge in [-0.05, 0) is 18.8 Å². The molecule has 0 spiro atoms. The van der Waals surface area contributed by atoms with Crippen LogP contribution in [-0.4, -0.2) is 44.0 Å². The van der Waals surface area contributed by atoms with Crippen molar-refractivity contribution in [2.24, 2.45) is 5.92 Å². The van der Waals surface area contributed by atoms with Crippen molar-refractivity contribution in [2.45, 2.75) is 38.9 Å². The maximum Gasteiger partial charge on any atom is 0.332 e. The standard InChI is InChI=1S/C10H19NO5S/c1-7(2)6-17(14,15)11-5-8-3-4-9(16-8)10(12)13/h7-9,11H,3-6H2,1-2H3,(H,12,13). The van der Waals surface area contributed by atoms with Crippen LogP contribution in [0.2, 0.25) is 0 Å². The Bertz CT molecular complexity index is 365. The lowest BCUT2D eigenvalue weighted by Gasteiger charge is -2.13. The minimum Gasteiger partial charge on any atom is -0.479 e. The molecule has 1 heterocycles. The first kappa shape index (κ1) is 14.4. The predicted octanol–water partition coefficient (Wildman–Crippen LogP) is 0.194. The van der Waals surface area contributed by atoms with Crippen LogP contribution in [0.25, 0.3) is 0 Å². The second-order valence-corrected chi connectivity index (χ2v) is 6.54. The van der Waals surface area contributed by atoms with Crippen molar-refractivity contribution in [1.29, 1.82) is 0 Å². The van der Waals surface area contributed by atoms with Gasteiger partial charge in [-0.3, -0.25) is 0 Å². The molecular formula is C10H19NO5S. The van der Waals surface area contributed by atoms with Gasteiger partial charge in [-0.1, -0.05) is 13.8 Å². The number of hydrogen-bond acceptors (Lipinski definition) is 4. The predicted molar refractivity (Wildman–Crippen MR) is 62.2 cm³/mol. The molecule has 0 aromatic rings. The van der Waals surface area contributed by atoms with Crippen molar-refractivity contribution in [3.05, 3.63) is 0 Å². The van der Waals surface area contributed by atoms with Crippen molar-refractivity contribution in [1.82, 2.24) is 4.72 Å². The van der Waals surface area contributed by atoms with Gasteiger partial charge in [-0.25, -0.2) is 17.9 Å². The third-order valence-electron chi connectivity index (χ3n) is 2.47. The van der Waals surface area contributed by atoms with Crippen LogP contribution < -0.4 is 4.72 Å². The average Bonchev–Trinajstić information content (AvgIpc) is 2.61. The molecule has 0 radical (unpaired) electrons. The molecule has 1 aliphatic rings. The smallest absolute Gasteiger partial charge is 0.332 e. The van der Waals surface area contributed by atoms with Crippen molar-refractivity contribution in [2.75, 3.05) is 12.3 Å². The number of carboxylic acid groups (broad SMARTS) is 1. The van der Waals surface area contributed by atoms with Crippen LogP contribution in [0, 0.1) is 5.92 Å². The van der Waals surface area contributed by atoms with Crippen LogP contribution in [0.5, 0.6) is 0 Å². The van der Waals surface area contributed by atoms with Crippen molar-refractivity contribution in [3.63, 3.8) is 0 Å². The van der Waals surface area contributed by atoms with Crippen LogP contribution >= 0.6 is 0 Å². The van der Waals surface area contributed by atoms with Crippen LogP contribution in [0.1, 0.15) is 26.7 Å². The Morgan fingerprint density at radius 2 is 2.12 bits per heavy atom. The molecule has 7 heteroatoms. The number of nitrogens with one attached hydrogen (secondary N) is 1. The molecule has 1 fully saturated rings. The summed E-state index contributed by atoms with van der Waals surface area (Å²) >= 11 is 0. The summed E-state index contributed by atoms with van der Waals surface area (Å²) in [5, 5.41) is 8.71.